The number of hydrogen-bond donors (Lipinski definition) is 10. The zero-order valence-electron chi connectivity index (χ0n) is 31.9. The number of aromatic nitrogens is 2. The normalized spacial score (nSPS) is 14.8. The van der Waals surface area contributed by atoms with E-state index in [9.17, 15) is 24.9 Å². The van der Waals surface area contributed by atoms with E-state index in [4.69, 9.17) is 39.6 Å². The third-order valence-electron chi connectivity index (χ3n) is 9.50. The first-order valence-electron chi connectivity index (χ1n) is 18.8. The van der Waals surface area contributed by atoms with Crippen molar-refractivity contribution in [1.82, 2.24) is 25.5 Å². The van der Waals surface area contributed by atoms with Gasteiger partial charge < -0.3 is 53.6 Å². The van der Waals surface area contributed by atoms with Gasteiger partial charge in [0.25, 0.3) is 5.91 Å². The van der Waals surface area contributed by atoms with Gasteiger partial charge in [-0.2, -0.15) is 0 Å². The lowest BCUT2D eigenvalue weighted by atomic mass is 9.90. The molecule has 1 aromatic heterocycles. The summed E-state index contributed by atoms with van der Waals surface area (Å²) in [5, 5.41) is 47.3. The lowest BCUT2D eigenvalue weighted by molar-refractivity contribution is -0.123. The number of nitrogens with two attached hydrogens (primary N) is 4. The predicted molar refractivity (Wildman–Crippen MR) is 216 cm³/mol. The number of rotatable bonds is 24. The van der Waals surface area contributed by atoms with Crippen LogP contribution in [0, 0.1) is 0 Å². The summed E-state index contributed by atoms with van der Waals surface area (Å²) < 4.78 is 0. The number of fused-ring (bicyclic) bond motifs is 1. The molecule has 14 N–H and O–H groups in total. The minimum absolute atomic E-state index is 0.0752. The summed E-state index contributed by atoms with van der Waals surface area (Å²) in [5.41, 5.74) is 24.0. The van der Waals surface area contributed by atoms with E-state index < -0.39 is 42.3 Å². The van der Waals surface area contributed by atoms with Crippen LogP contribution >= 0.6 is 11.6 Å². The molecule has 0 fully saturated rings. The van der Waals surface area contributed by atoms with E-state index in [2.05, 4.69) is 56.8 Å². The molecule has 0 unspecified atom stereocenters. The number of amides is 2. The Labute approximate surface area is 327 Å². The Balaban J connectivity index is 1.50. The number of anilines is 2. The van der Waals surface area contributed by atoms with Crippen molar-refractivity contribution < 1.29 is 30.0 Å². The maximum Gasteiger partial charge on any atom is 0.280 e. The Bertz CT molecular complexity index is 1730. The molecule has 304 valence electrons. The lowest BCUT2D eigenvalue weighted by Crippen LogP contribution is -2.55. The van der Waals surface area contributed by atoms with E-state index in [-0.39, 0.29) is 35.0 Å². The van der Waals surface area contributed by atoms with Crippen LogP contribution in [0.15, 0.2) is 41.4 Å². The standard InChI is InChI=1S/C38H59ClN10O6/c1-3-4-5-8-17-49(22-28(51)31(53)29(52)23-50)18-9-16-45-38(2,36(42)55)21-25-12-14-26-19-24(11-13-27(26)20-25)10-6-7-15-44-37(43)48-35(54)30-33(40)47-34(41)32(39)46-30/h11-14,19-20,28-29,31,45,50-53H,3-10,15-18,21-23H2,1-2H3,(H2,42,55)(H4,40,41,47)(H3,43,44,48,54)/t28-,29+,31+,38+/m0/s1. The molecule has 0 aliphatic rings. The Morgan fingerprint density at radius 1 is 0.909 bits per heavy atom. The molecule has 2 amide bonds. The molecule has 0 bridgehead atoms. The van der Waals surface area contributed by atoms with Gasteiger partial charge in [-0.05, 0) is 87.0 Å². The van der Waals surface area contributed by atoms with Gasteiger partial charge in [-0.25, -0.2) is 9.97 Å². The second-order valence-electron chi connectivity index (χ2n) is 14.2. The van der Waals surface area contributed by atoms with Crippen LogP contribution in [0.5, 0.6) is 0 Å². The quantitative estimate of drug-likeness (QED) is 0.0348. The van der Waals surface area contributed by atoms with Crippen molar-refractivity contribution in [1.29, 1.82) is 0 Å². The Morgan fingerprint density at radius 3 is 2.25 bits per heavy atom. The zero-order valence-corrected chi connectivity index (χ0v) is 32.6. The summed E-state index contributed by atoms with van der Waals surface area (Å²) in [6.07, 6.45) is 3.54. The van der Waals surface area contributed by atoms with Crippen LogP contribution in [0.25, 0.3) is 10.8 Å². The molecule has 3 rings (SSSR count). The number of halogens is 1. The highest BCUT2D eigenvalue weighted by molar-refractivity contribution is 6.31. The van der Waals surface area contributed by atoms with Crippen LogP contribution in [-0.4, -0.2) is 116 Å². The van der Waals surface area contributed by atoms with Gasteiger partial charge in [0.15, 0.2) is 28.4 Å². The van der Waals surface area contributed by atoms with Crippen LogP contribution in [0.2, 0.25) is 5.15 Å². The number of aliphatic hydroxyl groups is 4. The van der Waals surface area contributed by atoms with Crippen LogP contribution in [0.4, 0.5) is 11.6 Å². The van der Waals surface area contributed by atoms with Gasteiger partial charge in [-0.1, -0.05) is 74.2 Å². The van der Waals surface area contributed by atoms with E-state index >= 15 is 0 Å². The summed E-state index contributed by atoms with van der Waals surface area (Å²) in [7, 11) is 0. The average Bonchev–Trinajstić information content (AvgIpc) is 3.15. The molecule has 0 aliphatic carbocycles. The second kappa shape index (κ2) is 22.4. The highest BCUT2D eigenvalue weighted by Gasteiger charge is 2.31. The Morgan fingerprint density at radius 2 is 1.58 bits per heavy atom. The Kier molecular flexibility index (Phi) is 18.4. The van der Waals surface area contributed by atoms with Crippen molar-refractivity contribution in [2.75, 3.05) is 50.8 Å². The van der Waals surface area contributed by atoms with Gasteiger partial charge in [-0.15, -0.1) is 0 Å². The third kappa shape index (κ3) is 14.5. The molecule has 0 spiro atoms. The largest absolute Gasteiger partial charge is 0.394 e. The molecule has 0 aliphatic heterocycles. The topological polar surface area (TPSA) is 285 Å². The third-order valence-corrected chi connectivity index (χ3v) is 9.78. The van der Waals surface area contributed by atoms with E-state index in [1.54, 1.807) is 6.92 Å². The Hall–Kier alpha value is -4.16. The lowest BCUT2D eigenvalue weighted by Gasteiger charge is -2.30. The van der Waals surface area contributed by atoms with Gasteiger partial charge in [0.2, 0.25) is 5.91 Å². The number of nitrogen functional groups attached to an aromatic ring is 2. The molecule has 0 saturated heterocycles. The molecule has 0 saturated carbocycles. The number of aliphatic imine (C=N–C) groups is 1. The summed E-state index contributed by atoms with van der Waals surface area (Å²) in [6.45, 7) is 5.65. The van der Waals surface area contributed by atoms with Crippen molar-refractivity contribution in [2.45, 2.75) is 95.5 Å². The fourth-order valence-electron chi connectivity index (χ4n) is 6.18. The number of hydrogen-bond acceptors (Lipinski definition) is 13. The average molecular weight is 787 g/mol. The summed E-state index contributed by atoms with van der Waals surface area (Å²) in [5.74, 6) is -1.48. The fraction of sp³-hybridized carbons (Fsp3) is 0.553. The SMILES string of the molecule is CCCCCCN(CCCN[C@](C)(Cc1ccc2cc(CCCCN=C(N)NC(=O)c3nc(Cl)c(N)nc3N)ccc2c1)C(N)=O)C[C@H](O)[C@@H](O)[C@H](O)CO. The summed E-state index contributed by atoms with van der Waals surface area (Å²) in [4.78, 5) is 39.0. The number of benzene rings is 2. The molecular formula is C38H59ClN10O6. The van der Waals surface area contributed by atoms with E-state index in [0.717, 1.165) is 66.8 Å². The first-order valence-corrected chi connectivity index (χ1v) is 19.2. The molecule has 17 heteroatoms. The number of aryl methyl sites for hydroxylation is 1. The number of carbonyl (C=O) groups is 2. The smallest absolute Gasteiger partial charge is 0.280 e. The van der Waals surface area contributed by atoms with E-state index in [1.165, 1.54) is 0 Å². The maximum absolute atomic E-state index is 12.7. The molecule has 4 atom stereocenters. The van der Waals surface area contributed by atoms with Gasteiger partial charge in [0.1, 0.15) is 12.2 Å². The molecule has 55 heavy (non-hydrogen) atoms. The van der Waals surface area contributed by atoms with Crippen molar-refractivity contribution in [3.63, 3.8) is 0 Å². The van der Waals surface area contributed by atoms with E-state index in [0.29, 0.717) is 39.0 Å². The predicted octanol–water partition coefficient (Wildman–Crippen LogP) is 1.24. The van der Waals surface area contributed by atoms with Gasteiger partial charge >= 0.3 is 0 Å². The molecule has 3 aromatic rings. The monoisotopic (exact) mass is 786 g/mol. The van der Waals surface area contributed by atoms with Gasteiger partial charge in [0, 0.05) is 13.1 Å². The zero-order chi connectivity index (χ0) is 40.5. The highest BCUT2D eigenvalue weighted by Crippen LogP contribution is 2.22. The number of unbranched alkanes of at least 4 members (excludes halogenated alkanes) is 4. The first kappa shape index (κ1) is 45.2. The minimum atomic E-state index is -1.45. The van der Waals surface area contributed by atoms with Crippen molar-refractivity contribution >= 4 is 51.8 Å². The number of nitrogens with zero attached hydrogens (tertiary/aromatic N) is 4. The van der Waals surface area contributed by atoms with Gasteiger partial charge in [-0.3, -0.25) is 19.9 Å². The van der Waals surface area contributed by atoms with Crippen molar-refractivity contribution in [3.05, 3.63) is 58.4 Å². The van der Waals surface area contributed by atoms with Crippen LogP contribution in [-0.2, 0) is 17.6 Å². The van der Waals surface area contributed by atoms with Crippen LogP contribution < -0.4 is 33.6 Å². The molecule has 0 radical (unpaired) electrons. The molecule has 2 aromatic carbocycles. The number of nitrogens with one attached hydrogen (secondary N) is 2. The maximum atomic E-state index is 12.7. The second-order valence-corrected chi connectivity index (χ2v) is 14.5. The number of carbonyl (C=O) groups excluding carboxylic acids is 2. The van der Waals surface area contributed by atoms with Crippen molar-refractivity contribution in [3.8, 4) is 0 Å². The van der Waals surface area contributed by atoms with Gasteiger partial charge in [0.05, 0.1) is 18.2 Å². The molecular weight excluding hydrogens is 728 g/mol. The number of aliphatic hydroxyl groups excluding tert-OH is 4. The number of guanidine groups is 1. The highest BCUT2D eigenvalue weighted by atomic mass is 35.5. The first-order chi connectivity index (χ1) is 26.2. The molecule has 1 heterocycles. The minimum Gasteiger partial charge on any atom is -0.394 e. The number of primary amides is 1. The van der Waals surface area contributed by atoms with Crippen LogP contribution in [0.3, 0.4) is 0 Å². The van der Waals surface area contributed by atoms with E-state index in [1.807, 2.05) is 17.0 Å². The summed E-state index contributed by atoms with van der Waals surface area (Å²) in [6, 6.07) is 12.4. The van der Waals surface area contributed by atoms with Crippen LogP contribution in [0.1, 0.15) is 80.4 Å². The van der Waals surface area contributed by atoms with Crippen molar-refractivity contribution in [2.24, 2.45) is 16.5 Å². The molecule has 16 nitrogen and oxygen atoms in total. The summed E-state index contributed by atoms with van der Waals surface area (Å²) >= 11 is 5.84. The fourth-order valence-corrected chi connectivity index (χ4v) is 6.31.